The Balaban J connectivity index is 1.64. The number of likely N-dealkylation sites (N-methyl/N-ethyl adjacent to an activating group) is 1. The van der Waals surface area contributed by atoms with Crippen LogP contribution in [0.5, 0.6) is 0 Å². The van der Waals surface area contributed by atoms with E-state index in [0.717, 1.165) is 37.6 Å². The Hall–Kier alpha value is -2.18. The fourth-order valence-corrected chi connectivity index (χ4v) is 2.77. The van der Waals surface area contributed by atoms with Gasteiger partial charge >= 0.3 is 0 Å². The highest BCUT2D eigenvalue weighted by Gasteiger charge is 2.24. The summed E-state index contributed by atoms with van der Waals surface area (Å²) < 4.78 is 1.78. The minimum atomic E-state index is -0.128. The van der Waals surface area contributed by atoms with Crippen molar-refractivity contribution in [2.75, 3.05) is 38.5 Å². The molecule has 1 aliphatic rings. The van der Waals surface area contributed by atoms with Crippen LogP contribution in [0.15, 0.2) is 42.7 Å². The van der Waals surface area contributed by atoms with Crippen LogP contribution in [0.4, 0.5) is 5.69 Å². The summed E-state index contributed by atoms with van der Waals surface area (Å²) in [4.78, 5) is 17.0. The zero-order chi connectivity index (χ0) is 16.2. The van der Waals surface area contributed by atoms with E-state index in [-0.39, 0.29) is 11.9 Å². The third-order valence-corrected chi connectivity index (χ3v) is 4.35. The summed E-state index contributed by atoms with van der Waals surface area (Å²) in [5, 5.41) is 7.23. The van der Waals surface area contributed by atoms with E-state index in [0.29, 0.717) is 0 Å². The molecule has 6 heteroatoms. The van der Waals surface area contributed by atoms with E-state index >= 15 is 0 Å². The van der Waals surface area contributed by atoms with Gasteiger partial charge in [0.1, 0.15) is 0 Å². The van der Waals surface area contributed by atoms with Crippen molar-refractivity contribution < 1.29 is 4.79 Å². The van der Waals surface area contributed by atoms with Crippen LogP contribution in [0, 0.1) is 0 Å². The molecule has 1 atom stereocenters. The van der Waals surface area contributed by atoms with Crippen molar-refractivity contribution in [3.8, 4) is 5.69 Å². The lowest BCUT2D eigenvalue weighted by Crippen LogP contribution is -2.51. The minimum absolute atomic E-state index is 0.0344. The molecular weight excluding hydrogens is 290 g/mol. The number of aromatic nitrogens is 2. The molecule has 1 N–H and O–H groups in total. The lowest BCUT2D eigenvalue weighted by molar-refractivity contribution is -0.121. The molecule has 1 amide bonds. The first kappa shape index (κ1) is 15.7. The van der Waals surface area contributed by atoms with Gasteiger partial charge in [-0.2, -0.15) is 5.10 Å². The molecule has 0 radical (unpaired) electrons. The van der Waals surface area contributed by atoms with Gasteiger partial charge in [-0.3, -0.25) is 9.69 Å². The topological polar surface area (TPSA) is 53.4 Å². The van der Waals surface area contributed by atoms with E-state index in [1.165, 1.54) is 0 Å². The average Bonchev–Trinajstić information content (AvgIpc) is 3.10. The summed E-state index contributed by atoms with van der Waals surface area (Å²) in [6.45, 7) is 5.84. The quantitative estimate of drug-likeness (QED) is 0.928. The largest absolute Gasteiger partial charge is 0.325 e. The zero-order valence-electron chi connectivity index (χ0n) is 13.6. The average molecular weight is 313 g/mol. The second kappa shape index (κ2) is 6.93. The summed E-state index contributed by atoms with van der Waals surface area (Å²) >= 11 is 0. The van der Waals surface area contributed by atoms with E-state index in [9.17, 15) is 4.79 Å². The molecule has 1 aromatic heterocycles. The van der Waals surface area contributed by atoms with Crippen LogP contribution in [0.2, 0.25) is 0 Å². The SMILES string of the molecule is CC(C(=O)Nc1cccc(-n2cccn2)c1)N1CCN(C)CC1. The Bertz CT molecular complexity index is 647. The second-order valence-electron chi connectivity index (χ2n) is 6.01. The third kappa shape index (κ3) is 3.78. The molecule has 0 aliphatic carbocycles. The van der Waals surface area contributed by atoms with Gasteiger partial charge in [-0.25, -0.2) is 4.68 Å². The van der Waals surface area contributed by atoms with E-state index < -0.39 is 0 Å². The Labute approximate surface area is 136 Å². The number of amides is 1. The first-order chi connectivity index (χ1) is 11.1. The van der Waals surface area contributed by atoms with Crippen molar-refractivity contribution in [2.24, 2.45) is 0 Å². The molecule has 122 valence electrons. The van der Waals surface area contributed by atoms with E-state index in [4.69, 9.17) is 0 Å². The normalized spacial score (nSPS) is 17.8. The van der Waals surface area contributed by atoms with Crippen molar-refractivity contribution >= 4 is 11.6 Å². The number of piperazine rings is 1. The molecule has 0 spiro atoms. The fourth-order valence-electron chi connectivity index (χ4n) is 2.77. The van der Waals surface area contributed by atoms with Crippen LogP contribution in [-0.2, 0) is 4.79 Å². The van der Waals surface area contributed by atoms with Gasteiger partial charge in [0.25, 0.3) is 0 Å². The van der Waals surface area contributed by atoms with Crippen molar-refractivity contribution in [1.82, 2.24) is 19.6 Å². The Morgan fingerprint density at radius 2 is 2.00 bits per heavy atom. The lowest BCUT2D eigenvalue weighted by atomic mass is 10.2. The highest BCUT2D eigenvalue weighted by Crippen LogP contribution is 2.15. The third-order valence-electron chi connectivity index (χ3n) is 4.35. The number of anilines is 1. The summed E-state index contributed by atoms with van der Waals surface area (Å²) in [6, 6.07) is 9.47. The van der Waals surface area contributed by atoms with Gasteiger partial charge in [0.15, 0.2) is 0 Å². The lowest BCUT2D eigenvalue weighted by Gasteiger charge is -2.35. The summed E-state index contributed by atoms with van der Waals surface area (Å²) in [5.74, 6) is 0.0344. The van der Waals surface area contributed by atoms with Gasteiger partial charge in [-0.1, -0.05) is 6.07 Å². The molecule has 1 saturated heterocycles. The summed E-state index contributed by atoms with van der Waals surface area (Å²) in [5.41, 5.74) is 1.73. The van der Waals surface area contributed by atoms with Crippen LogP contribution >= 0.6 is 0 Å². The monoisotopic (exact) mass is 313 g/mol. The number of nitrogens with zero attached hydrogens (tertiary/aromatic N) is 4. The number of hydrogen-bond acceptors (Lipinski definition) is 4. The highest BCUT2D eigenvalue weighted by atomic mass is 16.2. The summed E-state index contributed by atoms with van der Waals surface area (Å²) in [7, 11) is 2.11. The van der Waals surface area contributed by atoms with Crippen LogP contribution in [-0.4, -0.2) is 64.8 Å². The molecule has 2 aromatic rings. The Morgan fingerprint density at radius 3 is 2.70 bits per heavy atom. The van der Waals surface area contributed by atoms with Gasteiger partial charge in [0.2, 0.25) is 5.91 Å². The van der Waals surface area contributed by atoms with Gasteiger partial charge < -0.3 is 10.2 Å². The van der Waals surface area contributed by atoms with E-state index in [1.54, 1.807) is 10.9 Å². The molecular formula is C17H23N5O. The minimum Gasteiger partial charge on any atom is -0.325 e. The maximum Gasteiger partial charge on any atom is 0.241 e. The van der Waals surface area contributed by atoms with E-state index in [1.807, 2.05) is 43.5 Å². The molecule has 3 rings (SSSR count). The smallest absolute Gasteiger partial charge is 0.241 e. The second-order valence-corrected chi connectivity index (χ2v) is 6.01. The standard InChI is InChI=1S/C17H23N5O/c1-14(21-11-9-20(2)10-12-21)17(23)19-15-5-3-6-16(13-15)22-8-4-7-18-22/h3-8,13-14H,9-12H2,1-2H3,(H,19,23). The Kier molecular flexibility index (Phi) is 4.73. The molecule has 23 heavy (non-hydrogen) atoms. The number of hydrogen-bond donors (Lipinski definition) is 1. The van der Waals surface area contributed by atoms with Crippen LogP contribution in [0.3, 0.4) is 0 Å². The van der Waals surface area contributed by atoms with Gasteiger partial charge in [0.05, 0.1) is 11.7 Å². The molecule has 1 unspecified atom stereocenters. The van der Waals surface area contributed by atoms with Crippen molar-refractivity contribution in [3.63, 3.8) is 0 Å². The molecule has 2 heterocycles. The van der Waals surface area contributed by atoms with E-state index in [2.05, 4.69) is 27.3 Å². The maximum absolute atomic E-state index is 12.5. The molecule has 1 aliphatic heterocycles. The highest BCUT2D eigenvalue weighted by molar-refractivity contribution is 5.94. The van der Waals surface area contributed by atoms with Crippen LogP contribution in [0.25, 0.3) is 5.69 Å². The van der Waals surface area contributed by atoms with Crippen LogP contribution < -0.4 is 5.32 Å². The van der Waals surface area contributed by atoms with Crippen molar-refractivity contribution in [3.05, 3.63) is 42.7 Å². The number of benzene rings is 1. The fraction of sp³-hybridized carbons (Fsp3) is 0.412. The van der Waals surface area contributed by atoms with Gasteiger partial charge in [0, 0.05) is 44.3 Å². The predicted octanol–water partition coefficient (Wildman–Crippen LogP) is 1.45. The zero-order valence-corrected chi connectivity index (χ0v) is 13.6. The van der Waals surface area contributed by atoms with Gasteiger partial charge in [-0.15, -0.1) is 0 Å². The molecule has 6 nitrogen and oxygen atoms in total. The Morgan fingerprint density at radius 1 is 1.22 bits per heavy atom. The molecule has 0 saturated carbocycles. The maximum atomic E-state index is 12.5. The van der Waals surface area contributed by atoms with Crippen molar-refractivity contribution in [1.29, 1.82) is 0 Å². The van der Waals surface area contributed by atoms with Crippen LogP contribution in [0.1, 0.15) is 6.92 Å². The summed E-state index contributed by atoms with van der Waals surface area (Å²) in [6.07, 6.45) is 3.62. The first-order valence-electron chi connectivity index (χ1n) is 7.97. The predicted molar refractivity (Wildman–Crippen MR) is 90.7 cm³/mol. The number of rotatable bonds is 4. The molecule has 1 fully saturated rings. The molecule has 1 aromatic carbocycles. The molecule has 0 bridgehead atoms. The van der Waals surface area contributed by atoms with Crippen molar-refractivity contribution in [2.45, 2.75) is 13.0 Å². The first-order valence-corrected chi connectivity index (χ1v) is 7.97. The number of carbonyl (C=O) groups excluding carboxylic acids is 1. The number of carbonyl (C=O) groups is 1. The van der Waals surface area contributed by atoms with Gasteiger partial charge in [-0.05, 0) is 38.2 Å². The number of nitrogens with one attached hydrogen (secondary N) is 1.